The van der Waals surface area contributed by atoms with Crippen LogP contribution in [0.1, 0.15) is 27.2 Å². The molecule has 0 saturated heterocycles. The molecule has 0 spiro atoms. The summed E-state index contributed by atoms with van der Waals surface area (Å²) in [6.07, 6.45) is 0.0129. The molecule has 6 heteroatoms. The summed E-state index contributed by atoms with van der Waals surface area (Å²) < 4.78 is 0. The van der Waals surface area contributed by atoms with E-state index in [1.807, 2.05) is 13.8 Å². The van der Waals surface area contributed by atoms with Crippen LogP contribution < -0.4 is 16.5 Å². The zero-order valence-electron chi connectivity index (χ0n) is 11.2. The predicted octanol–water partition coefficient (Wildman–Crippen LogP) is -0.954. The van der Waals surface area contributed by atoms with Gasteiger partial charge in [0.05, 0.1) is 18.2 Å². The lowest BCUT2D eigenvalue weighted by Gasteiger charge is -2.27. The van der Waals surface area contributed by atoms with E-state index in [4.69, 9.17) is 5.84 Å². The Morgan fingerprint density at radius 1 is 1.47 bits per heavy atom. The summed E-state index contributed by atoms with van der Waals surface area (Å²) in [6, 6.07) is -0.535. The highest BCUT2D eigenvalue weighted by atomic mass is 16.3. The van der Waals surface area contributed by atoms with Gasteiger partial charge in [0.15, 0.2) is 0 Å². The molecule has 5 N–H and O–H groups in total. The minimum absolute atomic E-state index is 0.113. The quantitative estimate of drug-likeness (QED) is 0.327. The van der Waals surface area contributed by atoms with E-state index < -0.39 is 6.10 Å². The second kappa shape index (κ2) is 8.41. The molecule has 1 amide bonds. The van der Waals surface area contributed by atoms with Crippen molar-refractivity contribution in [1.29, 1.82) is 0 Å². The van der Waals surface area contributed by atoms with Crippen molar-refractivity contribution in [3.63, 3.8) is 0 Å². The molecule has 0 radical (unpaired) electrons. The van der Waals surface area contributed by atoms with Crippen LogP contribution in [0.15, 0.2) is 0 Å². The summed E-state index contributed by atoms with van der Waals surface area (Å²) in [7, 11) is 1.72. The van der Waals surface area contributed by atoms with E-state index in [0.29, 0.717) is 19.5 Å². The first-order valence-electron chi connectivity index (χ1n) is 6.11. The number of hydrogen-bond acceptors (Lipinski definition) is 5. The summed E-state index contributed by atoms with van der Waals surface area (Å²) in [5, 5.41) is 17.2. The molecule has 0 fully saturated rings. The van der Waals surface area contributed by atoms with E-state index in [0.717, 1.165) is 0 Å². The van der Waals surface area contributed by atoms with Crippen LogP contribution in [0.25, 0.3) is 0 Å². The second-order valence-electron chi connectivity index (χ2n) is 4.19. The maximum Gasteiger partial charge on any atom is 0.237 e. The van der Waals surface area contributed by atoms with Gasteiger partial charge in [-0.2, -0.15) is 0 Å². The van der Waals surface area contributed by atoms with E-state index in [1.54, 1.807) is 14.0 Å². The Balaban J connectivity index is 4.27. The third-order valence-corrected chi connectivity index (χ3v) is 2.89. The van der Waals surface area contributed by atoms with Crippen LogP contribution in [-0.4, -0.2) is 54.3 Å². The maximum atomic E-state index is 11.7. The zero-order chi connectivity index (χ0) is 13.4. The van der Waals surface area contributed by atoms with Gasteiger partial charge >= 0.3 is 0 Å². The molecule has 17 heavy (non-hydrogen) atoms. The summed E-state index contributed by atoms with van der Waals surface area (Å²) in [6.45, 7) is 6.62. The minimum Gasteiger partial charge on any atom is -0.390 e. The fourth-order valence-electron chi connectivity index (χ4n) is 1.41. The number of nitrogens with two attached hydrogens (primary N) is 1. The number of likely N-dealkylation sites (N-methyl/N-ethyl adjacent to an activating group) is 2. The summed E-state index contributed by atoms with van der Waals surface area (Å²) in [4.78, 5) is 11.7. The molecule has 6 nitrogen and oxygen atoms in total. The van der Waals surface area contributed by atoms with Crippen LogP contribution in [-0.2, 0) is 4.79 Å². The van der Waals surface area contributed by atoms with Gasteiger partial charge in [-0.1, -0.05) is 13.8 Å². The third kappa shape index (κ3) is 5.97. The SMILES string of the molecule is CCC(NC(=O)C(C)NC)C(O)CN(N)CC. The Hall–Kier alpha value is -0.690. The van der Waals surface area contributed by atoms with Gasteiger partial charge in [-0.25, -0.2) is 5.01 Å². The van der Waals surface area contributed by atoms with Crippen LogP contribution in [0, 0.1) is 0 Å². The number of carbonyl (C=O) groups excluding carboxylic acids is 1. The Bertz CT molecular complexity index is 226. The van der Waals surface area contributed by atoms with E-state index in [9.17, 15) is 9.90 Å². The fraction of sp³-hybridized carbons (Fsp3) is 0.909. The number of hydrogen-bond donors (Lipinski definition) is 4. The minimum atomic E-state index is -0.655. The topological polar surface area (TPSA) is 90.6 Å². The highest BCUT2D eigenvalue weighted by Crippen LogP contribution is 2.01. The van der Waals surface area contributed by atoms with Crippen LogP contribution in [0.4, 0.5) is 0 Å². The monoisotopic (exact) mass is 246 g/mol. The summed E-state index contributed by atoms with van der Waals surface area (Å²) >= 11 is 0. The van der Waals surface area contributed by atoms with Gasteiger partial charge in [0.1, 0.15) is 0 Å². The van der Waals surface area contributed by atoms with Gasteiger partial charge in [-0.3, -0.25) is 10.6 Å². The smallest absolute Gasteiger partial charge is 0.237 e. The van der Waals surface area contributed by atoms with Gasteiger partial charge < -0.3 is 15.7 Å². The molecule has 0 aliphatic rings. The van der Waals surface area contributed by atoms with Crippen molar-refractivity contribution in [3.05, 3.63) is 0 Å². The van der Waals surface area contributed by atoms with Crippen LogP contribution >= 0.6 is 0 Å². The van der Waals surface area contributed by atoms with Gasteiger partial charge in [-0.15, -0.1) is 0 Å². The number of nitrogens with one attached hydrogen (secondary N) is 2. The first kappa shape index (κ1) is 16.3. The van der Waals surface area contributed by atoms with Gasteiger partial charge in [-0.05, 0) is 20.4 Å². The molecular formula is C11H26N4O2. The standard InChI is InChI=1S/C11H26N4O2/c1-5-9(10(16)7-15(12)6-2)14-11(17)8(3)13-4/h8-10,13,16H,5-7,12H2,1-4H3,(H,14,17). The largest absolute Gasteiger partial charge is 0.390 e. The Morgan fingerprint density at radius 3 is 2.47 bits per heavy atom. The Labute approximate surface area is 104 Å². The fourth-order valence-corrected chi connectivity index (χ4v) is 1.41. The second-order valence-corrected chi connectivity index (χ2v) is 4.19. The average molecular weight is 246 g/mol. The van der Waals surface area contributed by atoms with Crippen molar-refractivity contribution in [2.45, 2.75) is 45.4 Å². The predicted molar refractivity (Wildman–Crippen MR) is 68.2 cm³/mol. The number of nitrogens with zero attached hydrogens (tertiary/aromatic N) is 1. The van der Waals surface area contributed by atoms with Crippen molar-refractivity contribution < 1.29 is 9.90 Å². The van der Waals surface area contributed by atoms with Crippen molar-refractivity contribution in [3.8, 4) is 0 Å². The van der Waals surface area contributed by atoms with Crippen LogP contribution in [0.2, 0.25) is 0 Å². The molecule has 0 bridgehead atoms. The van der Waals surface area contributed by atoms with Crippen molar-refractivity contribution in [2.24, 2.45) is 5.84 Å². The van der Waals surface area contributed by atoms with E-state index in [-0.39, 0.29) is 18.0 Å². The van der Waals surface area contributed by atoms with E-state index in [2.05, 4.69) is 10.6 Å². The number of rotatable bonds is 8. The summed E-state index contributed by atoms with van der Waals surface area (Å²) in [5.41, 5.74) is 0. The molecule has 0 saturated carbocycles. The number of carbonyl (C=O) groups is 1. The molecular weight excluding hydrogens is 220 g/mol. The molecule has 0 aromatic rings. The molecule has 0 aliphatic heterocycles. The Morgan fingerprint density at radius 2 is 2.06 bits per heavy atom. The first-order chi connectivity index (χ1) is 7.96. The molecule has 3 atom stereocenters. The average Bonchev–Trinajstić information content (AvgIpc) is 2.33. The van der Waals surface area contributed by atoms with E-state index in [1.165, 1.54) is 5.01 Å². The van der Waals surface area contributed by atoms with Crippen molar-refractivity contribution >= 4 is 5.91 Å². The normalized spacial score (nSPS) is 16.6. The third-order valence-electron chi connectivity index (χ3n) is 2.89. The summed E-state index contributed by atoms with van der Waals surface area (Å²) in [5.74, 6) is 5.52. The van der Waals surface area contributed by atoms with Crippen LogP contribution in [0.5, 0.6) is 0 Å². The maximum absolute atomic E-state index is 11.7. The highest BCUT2D eigenvalue weighted by molar-refractivity contribution is 5.81. The number of aliphatic hydroxyl groups excluding tert-OH is 1. The molecule has 0 aromatic heterocycles. The molecule has 3 unspecified atom stereocenters. The number of aliphatic hydroxyl groups is 1. The molecule has 0 aromatic carbocycles. The first-order valence-corrected chi connectivity index (χ1v) is 6.11. The van der Waals surface area contributed by atoms with Gasteiger partial charge in [0.2, 0.25) is 5.91 Å². The molecule has 102 valence electrons. The molecule has 0 heterocycles. The van der Waals surface area contributed by atoms with Gasteiger partial charge in [0.25, 0.3) is 0 Å². The molecule has 0 aliphatic carbocycles. The number of amides is 1. The van der Waals surface area contributed by atoms with Crippen molar-refractivity contribution in [2.75, 3.05) is 20.1 Å². The van der Waals surface area contributed by atoms with Gasteiger partial charge in [0, 0.05) is 13.1 Å². The lowest BCUT2D eigenvalue weighted by atomic mass is 10.1. The van der Waals surface area contributed by atoms with Crippen LogP contribution in [0.3, 0.4) is 0 Å². The van der Waals surface area contributed by atoms with E-state index >= 15 is 0 Å². The lowest BCUT2D eigenvalue weighted by Crippen LogP contribution is -2.52. The molecule has 0 rings (SSSR count). The van der Waals surface area contributed by atoms with Crippen molar-refractivity contribution in [1.82, 2.24) is 15.6 Å². The highest BCUT2D eigenvalue weighted by Gasteiger charge is 2.22. The number of hydrazine groups is 1. The lowest BCUT2D eigenvalue weighted by molar-refractivity contribution is -0.124. The zero-order valence-corrected chi connectivity index (χ0v) is 11.2. The Kier molecular flexibility index (Phi) is 8.07.